The third-order valence-corrected chi connectivity index (χ3v) is 9.61. The van der Waals surface area contributed by atoms with Crippen molar-refractivity contribution in [3.8, 4) is 28.2 Å². The summed E-state index contributed by atoms with van der Waals surface area (Å²) in [5.41, 5.74) is 8.90. The van der Waals surface area contributed by atoms with E-state index in [-0.39, 0.29) is 37.1 Å². The third-order valence-electron chi connectivity index (χ3n) is 8.72. The van der Waals surface area contributed by atoms with E-state index in [0.29, 0.717) is 11.8 Å². The molecule has 0 fully saturated rings. The SMILES string of the molecule is CC(C)(C)C(=O)/C=C(\O)C(C)(C)C.CC(C)c1cc(-c2ccccc2)cc(C(C)C)c1-n1c(-c2[c-]sc3ccccc23)nc2ccccc21.[Ir]. The summed E-state index contributed by atoms with van der Waals surface area (Å²) >= 11 is 1.66. The minimum Gasteiger partial charge on any atom is -0.512 e. The van der Waals surface area contributed by atoms with Crippen LogP contribution in [0.15, 0.2) is 103 Å². The molecule has 0 aliphatic heterocycles. The van der Waals surface area contributed by atoms with Crippen LogP contribution in [0.2, 0.25) is 0 Å². The van der Waals surface area contributed by atoms with E-state index in [1.165, 1.54) is 44.1 Å². The predicted molar refractivity (Wildman–Crippen MR) is 209 cm³/mol. The fourth-order valence-electron chi connectivity index (χ4n) is 5.68. The maximum absolute atomic E-state index is 11.5. The third kappa shape index (κ3) is 8.37. The number of hydrogen-bond acceptors (Lipinski definition) is 4. The summed E-state index contributed by atoms with van der Waals surface area (Å²) in [5, 5.41) is 14.4. The maximum atomic E-state index is 11.5. The van der Waals surface area contributed by atoms with E-state index in [1.54, 1.807) is 11.3 Å². The van der Waals surface area contributed by atoms with Gasteiger partial charge in [0.1, 0.15) is 5.76 Å². The van der Waals surface area contributed by atoms with E-state index < -0.39 is 5.41 Å². The minimum absolute atomic E-state index is 0. The number of allylic oxidation sites excluding steroid dienone is 2. The van der Waals surface area contributed by atoms with Crippen LogP contribution >= 0.6 is 11.3 Å². The molecule has 2 aromatic heterocycles. The first-order chi connectivity index (χ1) is 23.1. The zero-order chi connectivity index (χ0) is 35.7. The van der Waals surface area contributed by atoms with Crippen LogP contribution in [0.25, 0.3) is 49.3 Å². The number of nitrogens with zero attached hydrogens (tertiary/aromatic N) is 2. The van der Waals surface area contributed by atoms with Gasteiger partial charge in [-0.2, -0.15) is 0 Å². The average Bonchev–Trinajstić information content (AvgIpc) is 3.65. The second kappa shape index (κ2) is 15.6. The van der Waals surface area contributed by atoms with E-state index >= 15 is 0 Å². The van der Waals surface area contributed by atoms with E-state index in [4.69, 9.17) is 4.98 Å². The number of hydrogen-bond donors (Lipinski definition) is 1. The average molecular weight is 862 g/mol. The van der Waals surface area contributed by atoms with Gasteiger partial charge < -0.3 is 9.67 Å². The Morgan fingerprint density at radius 1 is 0.780 bits per heavy atom. The first kappa shape index (κ1) is 39.0. The molecular weight excluding hydrogens is 813 g/mol. The molecule has 1 N–H and O–H groups in total. The van der Waals surface area contributed by atoms with Crippen molar-refractivity contribution in [1.82, 2.24) is 9.55 Å². The topological polar surface area (TPSA) is 55.1 Å². The largest absolute Gasteiger partial charge is 0.512 e. The molecule has 0 aliphatic carbocycles. The van der Waals surface area contributed by atoms with Crippen LogP contribution in [-0.4, -0.2) is 20.4 Å². The molecule has 6 heteroatoms. The van der Waals surface area contributed by atoms with Crippen LogP contribution in [0.4, 0.5) is 0 Å². The van der Waals surface area contributed by atoms with E-state index in [2.05, 4.69) is 129 Å². The number of benzene rings is 4. The van der Waals surface area contributed by atoms with E-state index in [1.807, 2.05) is 41.5 Å². The molecule has 6 aromatic rings. The number of para-hydroxylation sites is 2. The number of carbonyl (C=O) groups is 1. The number of imidazole rings is 1. The molecule has 0 spiro atoms. The van der Waals surface area contributed by atoms with Crippen LogP contribution in [-0.2, 0) is 24.9 Å². The Morgan fingerprint density at radius 3 is 1.92 bits per heavy atom. The molecule has 6 rings (SSSR count). The fourth-order valence-corrected chi connectivity index (χ4v) is 6.52. The molecule has 0 atom stereocenters. The fraction of sp³-hybridized carbons (Fsp3) is 0.318. The summed E-state index contributed by atoms with van der Waals surface area (Å²) in [6.45, 7) is 20.3. The Bertz CT molecular complexity index is 2090. The molecule has 0 unspecified atom stereocenters. The zero-order valence-electron chi connectivity index (χ0n) is 30.9. The molecule has 0 bridgehead atoms. The van der Waals surface area contributed by atoms with Crippen molar-refractivity contribution in [2.24, 2.45) is 10.8 Å². The van der Waals surface area contributed by atoms with Crippen LogP contribution in [0.1, 0.15) is 92.2 Å². The summed E-state index contributed by atoms with van der Waals surface area (Å²) in [4.78, 5) is 16.7. The molecule has 50 heavy (non-hydrogen) atoms. The summed E-state index contributed by atoms with van der Waals surface area (Å²) in [6, 6.07) is 32.5. The molecule has 263 valence electrons. The van der Waals surface area contributed by atoms with Crippen molar-refractivity contribution in [2.45, 2.75) is 81.1 Å². The number of aromatic nitrogens is 2. The zero-order valence-corrected chi connectivity index (χ0v) is 34.1. The molecule has 0 saturated heterocycles. The van der Waals surface area contributed by atoms with Gasteiger partial charge in [-0.25, -0.2) is 0 Å². The van der Waals surface area contributed by atoms with Gasteiger partial charge in [0.25, 0.3) is 0 Å². The quantitative estimate of drug-likeness (QED) is 0.103. The van der Waals surface area contributed by atoms with Gasteiger partial charge in [0.05, 0.1) is 16.9 Å². The first-order valence-corrected chi connectivity index (χ1v) is 18.0. The monoisotopic (exact) mass is 862 g/mol. The van der Waals surface area contributed by atoms with Crippen LogP contribution in [0, 0.1) is 16.2 Å². The second-order valence-electron chi connectivity index (χ2n) is 15.4. The van der Waals surface area contributed by atoms with Crippen LogP contribution in [0.5, 0.6) is 0 Å². The number of aliphatic hydroxyl groups is 1. The summed E-state index contributed by atoms with van der Waals surface area (Å²) in [7, 11) is 0. The van der Waals surface area contributed by atoms with Gasteiger partial charge in [0.15, 0.2) is 5.78 Å². The van der Waals surface area contributed by atoms with Crippen molar-refractivity contribution in [3.63, 3.8) is 0 Å². The van der Waals surface area contributed by atoms with Crippen molar-refractivity contribution < 1.29 is 30.0 Å². The Hall–Kier alpha value is -3.83. The normalized spacial score (nSPS) is 12.3. The van der Waals surface area contributed by atoms with Crippen molar-refractivity contribution in [1.29, 1.82) is 0 Å². The number of thiophene rings is 1. The van der Waals surface area contributed by atoms with Gasteiger partial charge in [0, 0.05) is 42.7 Å². The van der Waals surface area contributed by atoms with Crippen LogP contribution in [0.3, 0.4) is 0 Å². The molecule has 2 heterocycles. The Morgan fingerprint density at radius 2 is 1.34 bits per heavy atom. The second-order valence-corrected chi connectivity index (χ2v) is 16.3. The molecule has 4 nitrogen and oxygen atoms in total. The van der Waals surface area contributed by atoms with Crippen molar-refractivity contribution >= 4 is 38.2 Å². The number of carbonyl (C=O) groups excluding carboxylic acids is 1. The number of fused-ring (bicyclic) bond motifs is 2. The molecule has 4 aromatic carbocycles. The Balaban J connectivity index is 0.000000345. The molecule has 0 saturated carbocycles. The predicted octanol–water partition coefficient (Wildman–Crippen LogP) is 12.7. The summed E-state index contributed by atoms with van der Waals surface area (Å²) in [5.74, 6) is 1.76. The number of ketones is 1. The van der Waals surface area contributed by atoms with E-state index in [9.17, 15) is 9.90 Å². The summed E-state index contributed by atoms with van der Waals surface area (Å²) < 4.78 is 3.64. The smallest absolute Gasteiger partial charge is 0.164 e. The van der Waals surface area contributed by atoms with Crippen molar-refractivity contribution in [3.05, 3.63) is 119 Å². The van der Waals surface area contributed by atoms with Gasteiger partial charge in [-0.15, -0.1) is 11.5 Å². The Kier molecular flexibility index (Phi) is 12.2. The standard InChI is InChI=1S/C33H29N2S.C11H20O2.Ir/c1-21(2)26-18-24(23-12-6-5-7-13-23)19-27(22(3)4)32(26)35-30-16-10-9-15-29(30)34-33(35)28-20-36-31-17-11-8-14-25(28)31;1-10(2,3)8(12)7-9(13)11(4,5)6;/h5-19,21-22H,1-4H3;7,12H,1-6H3;/q-1;;/b;8-7-;. The molecule has 1 radical (unpaired) electrons. The number of rotatable bonds is 6. The van der Waals surface area contributed by atoms with Crippen molar-refractivity contribution in [2.75, 3.05) is 0 Å². The minimum atomic E-state index is -0.417. The Labute approximate surface area is 315 Å². The molecular formula is C44H49IrN2O2S-. The van der Waals surface area contributed by atoms with Gasteiger partial charge in [-0.05, 0) is 58.4 Å². The molecule has 0 aliphatic rings. The molecule has 0 amide bonds. The van der Waals surface area contributed by atoms with Gasteiger partial charge in [0.2, 0.25) is 0 Å². The maximum Gasteiger partial charge on any atom is 0.164 e. The number of aliphatic hydroxyl groups excluding tert-OH is 1. The van der Waals surface area contributed by atoms with Gasteiger partial charge >= 0.3 is 0 Å². The summed E-state index contributed by atoms with van der Waals surface area (Å²) in [6.07, 6.45) is 1.33. The van der Waals surface area contributed by atoms with Crippen LogP contribution < -0.4 is 0 Å². The first-order valence-electron chi connectivity index (χ1n) is 17.1. The van der Waals surface area contributed by atoms with Gasteiger partial charge in [-0.3, -0.25) is 21.1 Å². The van der Waals surface area contributed by atoms with E-state index in [0.717, 1.165) is 22.4 Å². The van der Waals surface area contributed by atoms with Gasteiger partial charge in [-0.1, -0.05) is 146 Å².